The van der Waals surface area contributed by atoms with Crippen LogP contribution in [0.5, 0.6) is 0 Å². The van der Waals surface area contributed by atoms with Crippen LogP contribution in [0.2, 0.25) is 0 Å². The summed E-state index contributed by atoms with van der Waals surface area (Å²) >= 11 is 0. The molecular weight excluding hydrogens is 260 g/mol. The van der Waals surface area contributed by atoms with Crippen molar-refractivity contribution in [3.8, 4) is 0 Å². The van der Waals surface area contributed by atoms with E-state index in [4.69, 9.17) is 0 Å². The molecule has 4 heteroatoms. The van der Waals surface area contributed by atoms with Crippen molar-refractivity contribution in [1.29, 1.82) is 0 Å². The second-order valence-electron chi connectivity index (χ2n) is 3.30. The third-order valence-electron chi connectivity index (χ3n) is 2.34. The molecule has 0 fully saturated rings. The third-order valence-corrected chi connectivity index (χ3v) is 2.81. The molecule has 1 aromatic rings. The van der Waals surface area contributed by atoms with Crippen LogP contribution < -0.4 is 35.0 Å². The fraction of sp³-hybridized carbons (Fsp3) is 0.500. The molecule has 1 atom stereocenters. The molecule has 0 saturated heterocycles. The molecule has 1 N–H and O–H groups in total. The minimum absolute atomic E-state index is 0. The van der Waals surface area contributed by atoms with Crippen LogP contribution >= 0.6 is 9.24 Å². The van der Waals surface area contributed by atoms with Crippen LogP contribution in [-0.2, 0) is 0 Å². The zero-order valence-corrected chi connectivity index (χ0v) is 13.4. The van der Waals surface area contributed by atoms with Gasteiger partial charge in [0.05, 0.1) is 24.9 Å². The lowest BCUT2D eigenvalue weighted by atomic mass is 10.4. The number of benzene rings is 1. The van der Waals surface area contributed by atoms with Crippen LogP contribution in [0.25, 0.3) is 0 Å². The standard InChI is InChI=1S/C6H15N.C6H7P.2ClH/c1-4-7(5-2)6-3;7-6-4-2-1-3-5-6;;/h4-6H2,1-3H3;1-5H,7H2;2*1H. The summed E-state index contributed by atoms with van der Waals surface area (Å²) in [5.41, 5.74) is 0. The van der Waals surface area contributed by atoms with Crippen LogP contribution in [0.1, 0.15) is 20.8 Å². The lowest BCUT2D eigenvalue weighted by Crippen LogP contribution is -3.11. The van der Waals surface area contributed by atoms with E-state index in [2.05, 4.69) is 32.9 Å². The number of halogens is 2. The molecule has 0 aliphatic carbocycles. The van der Waals surface area contributed by atoms with Crippen LogP contribution in [0.3, 0.4) is 0 Å². The summed E-state index contributed by atoms with van der Waals surface area (Å²) in [6.07, 6.45) is 0. The van der Waals surface area contributed by atoms with Gasteiger partial charge in [-0.05, 0) is 32.9 Å². The van der Waals surface area contributed by atoms with E-state index in [0.717, 1.165) is 0 Å². The second-order valence-corrected chi connectivity index (χ2v) is 4.11. The fourth-order valence-corrected chi connectivity index (χ4v) is 1.50. The molecule has 0 aliphatic rings. The SMILES string of the molecule is CC[NH+](CC)CC.[Cl-].[Cl-].[PH3+]c1ccccc1. The zero-order valence-electron chi connectivity index (χ0n) is 10.5. The molecule has 0 radical (unpaired) electrons. The Kier molecular flexibility index (Phi) is 20.4. The van der Waals surface area contributed by atoms with Gasteiger partial charge in [-0.2, -0.15) is 0 Å². The maximum absolute atomic E-state index is 2.22. The minimum atomic E-state index is 0. The van der Waals surface area contributed by atoms with Crippen LogP contribution in [-0.4, -0.2) is 19.6 Å². The molecule has 0 spiro atoms. The lowest BCUT2D eigenvalue weighted by molar-refractivity contribution is -0.894. The van der Waals surface area contributed by atoms with Gasteiger partial charge in [-0.25, -0.2) is 0 Å². The topological polar surface area (TPSA) is 4.44 Å². The van der Waals surface area contributed by atoms with E-state index in [-0.39, 0.29) is 24.8 Å². The van der Waals surface area contributed by atoms with Gasteiger partial charge in [0, 0.05) is 9.24 Å². The van der Waals surface area contributed by atoms with Crippen LogP contribution in [0.15, 0.2) is 30.3 Å². The molecule has 1 unspecified atom stereocenters. The predicted octanol–water partition coefficient (Wildman–Crippen LogP) is -5.14. The molecule has 1 rings (SSSR count). The van der Waals surface area contributed by atoms with E-state index in [1.54, 1.807) is 4.90 Å². The molecule has 0 aromatic heterocycles. The minimum Gasteiger partial charge on any atom is -1.00 e. The Morgan fingerprint density at radius 3 is 1.38 bits per heavy atom. The van der Waals surface area contributed by atoms with E-state index < -0.39 is 0 Å². The van der Waals surface area contributed by atoms with Crippen LogP contribution in [0.4, 0.5) is 0 Å². The van der Waals surface area contributed by atoms with Crippen molar-refractivity contribution in [2.24, 2.45) is 0 Å². The number of quaternary nitrogens is 1. The molecule has 0 bridgehead atoms. The number of hydrogen-bond donors (Lipinski definition) is 1. The maximum atomic E-state index is 2.22. The predicted molar refractivity (Wildman–Crippen MR) is 69.8 cm³/mol. The molecule has 0 saturated carbocycles. The number of nitrogens with one attached hydrogen (secondary N) is 1. The van der Waals surface area contributed by atoms with Crippen molar-refractivity contribution in [3.05, 3.63) is 30.3 Å². The molecule has 1 nitrogen and oxygen atoms in total. The van der Waals surface area contributed by atoms with E-state index in [1.165, 1.54) is 24.9 Å². The first-order valence-corrected chi connectivity index (χ1v) is 6.15. The van der Waals surface area contributed by atoms with Gasteiger partial charge < -0.3 is 29.7 Å². The highest BCUT2D eigenvalue weighted by atomic mass is 35.5. The molecule has 0 heterocycles. The number of hydrogen-bond acceptors (Lipinski definition) is 0. The molecule has 0 amide bonds. The summed E-state index contributed by atoms with van der Waals surface area (Å²) in [7, 11) is 1.90. The van der Waals surface area contributed by atoms with E-state index >= 15 is 0 Å². The summed E-state index contributed by atoms with van der Waals surface area (Å²) in [5, 5.41) is 1.35. The third kappa shape index (κ3) is 12.3. The van der Waals surface area contributed by atoms with Crippen molar-refractivity contribution < 1.29 is 29.7 Å². The highest BCUT2D eigenvalue weighted by molar-refractivity contribution is 7.27. The summed E-state index contributed by atoms with van der Waals surface area (Å²) in [5.74, 6) is 0. The Balaban J connectivity index is -0.000000188. The Morgan fingerprint density at radius 1 is 0.875 bits per heavy atom. The molecule has 96 valence electrons. The zero-order chi connectivity index (χ0) is 10.8. The Labute approximate surface area is 115 Å². The highest BCUT2D eigenvalue weighted by Crippen LogP contribution is 1.86. The molecule has 1 aromatic carbocycles. The average molecular weight is 284 g/mol. The highest BCUT2D eigenvalue weighted by Gasteiger charge is 1.92. The smallest absolute Gasteiger partial charge is 0.0865 e. The Morgan fingerprint density at radius 2 is 1.25 bits per heavy atom. The lowest BCUT2D eigenvalue weighted by Gasteiger charge is -2.10. The van der Waals surface area contributed by atoms with E-state index in [0.29, 0.717) is 0 Å². The van der Waals surface area contributed by atoms with Crippen molar-refractivity contribution >= 4 is 14.5 Å². The quantitative estimate of drug-likeness (QED) is 0.530. The molecule has 0 aliphatic heterocycles. The summed E-state index contributed by atoms with van der Waals surface area (Å²) < 4.78 is 0. The van der Waals surface area contributed by atoms with Crippen molar-refractivity contribution in [2.45, 2.75) is 20.8 Å². The Bertz CT molecular complexity index is 210. The first-order chi connectivity index (χ1) is 6.74. The van der Waals surface area contributed by atoms with Gasteiger partial charge in [0.25, 0.3) is 0 Å². The van der Waals surface area contributed by atoms with Gasteiger partial charge >= 0.3 is 0 Å². The maximum Gasteiger partial charge on any atom is 0.0865 e. The first-order valence-electron chi connectivity index (χ1n) is 5.45. The fourth-order valence-electron chi connectivity index (χ4n) is 1.23. The monoisotopic (exact) mass is 283 g/mol. The van der Waals surface area contributed by atoms with Gasteiger partial charge in [0.2, 0.25) is 0 Å². The first kappa shape index (κ1) is 21.5. The van der Waals surface area contributed by atoms with E-state index in [1.807, 2.05) is 27.4 Å². The second kappa shape index (κ2) is 15.2. The summed E-state index contributed by atoms with van der Waals surface area (Å²) in [4.78, 5) is 1.68. The largest absolute Gasteiger partial charge is 1.00 e. The Hall–Kier alpha value is 0.190. The van der Waals surface area contributed by atoms with Gasteiger partial charge in [-0.15, -0.1) is 0 Å². The van der Waals surface area contributed by atoms with E-state index in [9.17, 15) is 0 Å². The molecular formula is C12H24Cl2NP. The molecule has 16 heavy (non-hydrogen) atoms. The van der Waals surface area contributed by atoms with Crippen molar-refractivity contribution in [3.63, 3.8) is 0 Å². The van der Waals surface area contributed by atoms with Gasteiger partial charge in [0.1, 0.15) is 0 Å². The van der Waals surface area contributed by atoms with Crippen molar-refractivity contribution in [1.82, 2.24) is 0 Å². The summed E-state index contributed by atoms with van der Waals surface area (Å²) in [6.45, 7) is 10.5. The number of rotatable bonds is 3. The van der Waals surface area contributed by atoms with Gasteiger partial charge in [-0.1, -0.05) is 18.2 Å². The van der Waals surface area contributed by atoms with Gasteiger partial charge in [-0.3, -0.25) is 0 Å². The van der Waals surface area contributed by atoms with Gasteiger partial charge in [0.15, 0.2) is 0 Å². The normalized spacial score (nSPS) is 8.50. The summed E-state index contributed by atoms with van der Waals surface area (Å²) in [6, 6.07) is 10.3. The average Bonchev–Trinajstić information content (AvgIpc) is 2.22. The van der Waals surface area contributed by atoms with Crippen molar-refractivity contribution in [2.75, 3.05) is 19.6 Å². The van der Waals surface area contributed by atoms with Crippen LogP contribution in [0, 0.1) is 0 Å².